The van der Waals surface area contributed by atoms with Crippen molar-refractivity contribution in [3.63, 3.8) is 0 Å². The molecule has 0 bridgehead atoms. The van der Waals surface area contributed by atoms with Crippen molar-refractivity contribution in [3.8, 4) is 17.6 Å². The minimum Gasteiger partial charge on any atom is -0.493 e. The van der Waals surface area contributed by atoms with Crippen LogP contribution < -0.4 is 9.47 Å². The van der Waals surface area contributed by atoms with E-state index in [1.54, 1.807) is 7.11 Å². The molecular weight excluding hydrogens is 294 g/mol. The van der Waals surface area contributed by atoms with Gasteiger partial charge in [-0.1, -0.05) is 22.0 Å². The molecule has 0 radical (unpaired) electrons. The average Bonchev–Trinajstić information content (AvgIpc) is 2.38. The van der Waals surface area contributed by atoms with Gasteiger partial charge in [-0.2, -0.15) is 5.26 Å². The van der Waals surface area contributed by atoms with Crippen molar-refractivity contribution < 1.29 is 9.47 Å². The predicted molar refractivity (Wildman–Crippen MR) is 75.1 cm³/mol. The van der Waals surface area contributed by atoms with Crippen LogP contribution in [0.15, 0.2) is 18.2 Å². The average molecular weight is 312 g/mol. The van der Waals surface area contributed by atoms with E-state index in [1.807, 2.05) is 32.0 Å². The number of nitriles is 1. The lowest BCUT2D eigenvalue weighted by Gasteiger charge is -2.16. The van der Waals surface area contributed by atoms with Crippen LogP contribution in [0, 0.1) is 16.7 Å². The SMILES string of the molecule is COc1cc(CBr)ccc1OCCC(C)(C)C#N. The van der Waals surface area contributed by atoms with Crippen LogP contribution in [0.1, 0.15) is 25.8 Å². The summed E-state index contributed by atoms with van der Waals surface area (Å²) in [6, 6.07) is 8.09. The van der Waals surface area contributed by atoms with Gasteiger partial charge in [0, 0.05) is 5.33 Å². The first-order chi connectivity index (χ1) is 8.52. The Labute approximate surface area is 117 Å². The summed E-state index contributed by atoms with van der Waals surface area (Å²) in [6.07, 6.45) is 0.687. The van der Waals surface area contributed by atoms with Gasteiger partial charge in [-0.05, 0) is 38.0 Å². The zero-order valence-electron chi connectivity index (χ0n) is 11.0. The topological polar surface area (TPSA) is 42.2 Å². The van der Waals surface area contributed by atoms with Crippen LogP contribution in [-0.4, -0.2) is 13.7 Å². The van der Waals surface area contributed by atoms with Crippen LogP contribution in [0.2, 0.25) is 0 Å². The third-order valence-electron chi connectivity index (χ3n) is 2.67. The molecule has 4 heteroatoms. The normalized spacial score (nSPS) is 10.8. The lowest BCUT2D eigenvalue weighted by atomic mass is 9.92. The highest BCUT2D eigenvalue weighted by Gasteiger charge is 2.16. The molecule has 1 rings (SSSR count). The van der Waals surface area contributed by atoms with Gasteiger partial charge in [0.25, 0.3) is 0 Å². The van der Waals surface area contributed by atoms with Crippen LogP contribution in [0.4, 0.5) is 0 Å². The Hall–Kier alpha value is -1.21. The highest BCUT2D eigenvalue weighted by Crippen LogP contribution is 2.29. The Kier molecular flexibility index (Phi) is 5.49. The Morgan fingerprint density at radius 1 is 1.33 bits per heavy atom. The van der Waals surface area contributed by atoms with Crippen molar-refractivity contribution in [2.45, 2.75) is 25.6 Å². The van der Waals surface area contributed by atoms with E-state index in [9.17, 15) is 0 Å². The molecule has 1 aromatic rings. The minimum absolute atomic E-state index is 0.358. The second-order valence-corrected chi connectivity index (χ2v) is 5.27. The largest absolute Gasteiger partial charge is 0.493 e. The number of methoxy groups -OCH3 is 1. The first-order valence-corrected chi connectivity index (χ1v) is 6.91. The van der Waals surface area contributed by atoms with Gasteiger partial charge in [0.05, 0.1) is 25.2 Å². The van der Waals surface area contributed by atoms with Crippen LogP contribution in [0.5, 0.6) is 11.5 Å². The van der Waals surface area contributed by atoms with E-state index >= 15 is 0 Å². The third kappa shape index (κ3) is 4.23. The second kappa shape index (κ2) is 6.65. The number of hydrogen-bond donors (Lipinski definition) is 0. The molecule has 0 aliphatic heterocycles. The molecule has 0 saturated heterocycles. The molecule has 18 heavy (non-hydrogen) atoms. The Morgan fingerprint density at radius 2 is 2.06 bits per heavy atom. The molecule has 0 saturated carbocycles. The van der Waals surface area contributed by atoms with Gasteiger partial charge in [-0.25, -0.2) is 0 Å². The second-order valence-electron chi connectivity index (χ2n) is 4.71. The van der Waals surface area contributed by atoms with Crippen LogP contribution >= 0.6 is 15.9 Å². The highest BCUT2D eigenvalue weighted by molar-refractivity contribution is 9.08. The van der Waals surface area contributed by atoms with E-state index in [1.165, 1.54) is 0 Å². The molecule has 1 aromatic carbocycles. The van der Waals surface area contributed by atoms with Gasteiger partial charge in [0.2, 0.25) is 0 Å². The Bertz CT molecular complexity index is 438. The maximum absolute atomic E-state index is 8.92. The van der Waals surface area contributed by atoms with Gasteiger partial charge in [0.15, 0.2) is 11.5 Å². The Balaban J connectivity index is 2.65. The molecule has 0 aliphatic rings. The van der Waals surface area contributed by atoms with Crippen molar-refractivity contribution in [1.82, 2.24) is 0 Å². The summed E-state index contributed by atoms with van der Waals surface area (Å²) in [4.78, 5) is 0. The van der Waals surface area contributed by atoms with Crippen molar-refractivity contribution in [2.75, 3.05) is 13.7 Å². The summed E-state index contributed by atoms with van der Waals surface area (Å²) < 4.78 is 11.0. The number of ether oxygens (including phenoxy) is 2. The van der Waals surface area contributed by atoms with Gasteiger partial charge in [0.1, 0.15) is 0 Å². The smallest absolute Gasteiger partial charge is 0.161 e. The van der Waals surface area contributed by atoms with Crippen molar-refractivity contribution in [3.05, 3.63) is 23.8 Å². The number of benzene rings is 1. The van der Waals surface area contributed by atoms with E-state index < -0.39 is 0 Å². The van der Waals surface area contributed by atoms with E-state index in [0.29, 0.717) is 13.0 Å². The fourth-order valence-electron chi connectivity index (χ4n) is 1.39. The van der Waals surface area contributed by atoms with Crippen molar-refractivity contribution in [2.24, 2.45) is 5.41 Å². The molecule has 0 N–H and O–H groups in total. The third-order valence-corrected chi connectivity index (χ3v) is 3.32. The van der Waals surface area contributed by atoms with E-state index in [4.69, 9.17) is 14.7 Å². The van der Waals surface area contributed by atoms with Crippen LogP contribution in [0.3, 0.4) is 0 Å². The quantitative estimate of drug-likeness (QED) is 0.748. The summed E-state index contributed by atoms with van der Waals surface area (Å²) in [5.74, 6) is 1.44. The van der Waals surface area contributed by atoms with Crippen molar-refractivity contribution in [1.29, 1.82) is 5.26 Å². The lowest BCUT2D eigenvalue weighted by Crippen LogP contribution is -2.13. The first kappa shape index (κ1) is 14.8. The molecule has 0 aromatic heterocycles. The fourth-order valence-corrected chi connectivity index (χ4v) is 1.74. The Morgan fingerprint density at radius 3 is 2.61 bits per heavy atom. The minimum atomic E-state index is -0.358. The molecule has 98 valence electrons. The van der Waals surface area contributed by atoms with Gasteiger partial charge in [-0.3, -0.25) is 0 Å². The van der Waals surface area contributed by atoms with E-state index in [-0.39, 0.29) is 5.41 Å². The van der Waals surface area contributed by atoms with Gasteiger partial charge >= 0.3 is 0 Å². The van der Waals surface area contributed by atoms with Crippen LogP contribution in [0.25, 0.3) is 0 Å². The highest BCUT2D eigenvalue weighted by atomic mass is 79.9. The number of rotatable bonds is 6. The van der Waals surface area contributed by atoms with E-state index in [2.05, 4.69) is 22.0 Å². The number of nitrogens with zero attached hydrogens (tertiary/aromatic N) is 1. The molecular formula is C14H18BrNO2. The zero-order chi connectivity index (χ0) is 13.6. The summed E-state index contributed by atoms with van der Waals surface area (Å²) >= 11 is 3.40. The number of alkyl halides is 1. The molecule has 0 heterocycles. The molecule has 3 nitrogen and oxygen atoms in total. The fraction of sp³-hybridized carbons (Fsp3) is 0.500. The maximum atomic E-state index is 8.92. The molecule has 0 amide bonds. The van der Waals surface area contributed by atoms with E-state index in [0.717, 1.165) is 22.4 Å². The van der Waals surface area contributed by atoms with Crippen LogP contribution in [-0.2, 0) is 5.33 Å². The summed E-state index contributed by atoms with van der Waals surface area (Å²) in [6.45, 7) is 4.31. The summed E-state index contributed by atoms with van der Waals surface area (Å²) in [5, 5.41) is 9.71. The standard InChI is InChI=1S/C14H18BrNO2/c1-14(2,10-16)6-7-18-12-5-4-11(9-15)8-13(12)17-3/h4-5,8H,6-7,9H2,1-3H3. The lowest BCUT2D eigenvalue weighted by molar-refractivity contribution is 0.252. The van der Waals surface area contributed by atoms with Gasteiger partial charge < -0.3 is 9.47 Å². The zero-order valence-corrected chi connectivity index (χ0v) is 12.6. The molecule has 0 atom stereocenters. The monoisotopic (exact) mass is 311 g/mol. The molecule has 0 fully saturated rings. The van der Waals surface area contributed by atoms with Crippen molar-refractivity contribution >= 4 is 15.9 Å². The summed E-state index contributed by atoms with van der Waals surface area (Å²) in [7, 11) is 1.62. The molecule has 0 aliphatic carbocycles. The predicted octanol–water partition coefficient (Wildman–Crippen LogP) is 3.91. The first-order valence-electron chi connectivity index (χ1n) is 5.79. The molecule has 0 spiro atoms. The van der Waals surface area contributed by atoms with Gasteiger partial charge in [-0.15, -0.1) is 0 Å². The molecule has 0 unspecified atom stereocenters. The number of hydrogen-bond acceptors (Lipinski definition) is 3. The maximum Gasteiger partial charge on any atom is 0.161 e. The summed E-state index contributed by atoms with van der Waals surface area (Å²) in [5.41, 5.74) is 0.778. The number of halogens is 1.